The third-order valence-corrected chi connectivity index (χ3v) is 6.49. The highest BCUT2D eigenvalue weighted by atomic mass is 35.5. The minimum absolute atomic E-state index is 0.253. The molecule has 4 rings (SSSR count). The van der Waals surface area contributed by atoms with Gasteiger partial charge in [0.2, 0.25) is 0 Å². The second-order valence-corrected chi connectivity index (χ2v) is 8.73. The molecule has 30 heavy (non-hydrogen) atoms. The fraction of sp³-hybridized carbons (Fsp3) is 0.409. The maximum atomic E-state index is 13.1. The van der Waals surface area contributed by atoms with Crippen LogP contribution in [-0.2, 0) is 12.7 Å². The molecule has 1 aliphatic carbocycles. The zero-order valence-corrected chi connectivity index (χ0v) is 17.8. The summed E-state index contributed by atoms with van der Waals surface area (Å²) in [6, 6.07) is 8.87. The van der Waals surface area contributed by atoms with Crippen LogP contribution >= 0.6 is 23.2 Å². The topological polar surface area (TPSA) is 36.4 Å². The maximum absolute atomic E-state index is 13.1. The van der Waals surface area contributed by atoms with Gasteiger partial charge in [-0.15, -0.1) is 0 Å². The molecule has 8 heteroatoms. The first-order chi connectivity index (χ1) is 14.3. The van der Waals surface area contributed by atoms with Gasteiger partial charge in [0.1, 0.15) is 5.84 Å². The number of nitrogens with one attached hydrogen (secondary N) is 2. The Morgan fingerprint density at radius 2 is 1.70 bits per heavy atom. The van der Waals surface area contributed by atoms with Crippen molar-refractivity contribution in [1.82, 2.24) is 5.32 Å². The number of anilines is 1. The lowest BCUT2D eigenvalue weighted by Crippen LogP contribution is -2.53. The molecule has 0 atom stereocenters. The Bertz CT molecular complexity index is 965. The minimum Gasteiger partial charge on any atom is -0.371 e. The predicted octanol–water partition coefficient (Wildman–Crippen LogP) is 7.35. The van der Waals surface area contributed by atoms with Crippen LogP contribution in [0.25, 0.3) is 0 Å². The van der Waals surface area contributed by atoms with E-state index in [0.717, 1.165) is 56.1 Å². The molecule has 0 radical (unpaired) electrons. The van der Waals surface area contributed by atoms with Crippen LogP contribution in [0.15, 0.2) is 41.4 Å². The van der Waals surface area contributed by atoms with Crippen molar-refractivity contribution < 1.29 is 13.2 Å². The Labute approximate surface area is 183 Å². The van der Waals surface area contributed by atoms with Crippen molar-refractivity contribution in [3.05, 3.63) is 57.6 Å². The molecule has 1 spiro atoms. The van der Waals surface area contributed by atoms with Gasteiger partial charge in [0.15, 0.2) is 0 Å². The number of benzene rings is 2. The van der Waals surface area contributed by atoms with Crippen LogP contribution in [0.2, 0.25) is 10.0 Å². The van der Waals surface area contributed by atoms with Gasteiger partial charge in [0.25, 0.3) is 0 Å². The van der Waals surface area contributed by atoms with E-state index in [0.29, 0.717) is 21.3 Å². The molecular weight excluding hydrogens is 434 g/mol. The van der Waals surface area contributed by atoms with Gasteiger partial charge in [-0.2, -0.15) is 13.2 Å². The van der Waals surface area contributed by atoms with Crippen LogP contribution in [-0.4, -0.2) is 11.4 Å². The third kappa shape index (κ3) is 4.40. The molecule has 0 amide bonds. The Morgan fingerprint density at radius 1 is 1.00 bits per heavy atom. The maximum Gasteiger partial charge on any atom is 0.416 e. The van der Waals surface area contributed by atoms with Crippen LogP contribution in [0.3, 0.4) is 0 Å². The summed E-state index contributed by atoms with van der Waals surface area (Å²) in [4.78, 5) is 4.83. The van der Waals surface area contributed by atoms with Crippen molar-refractivity contribution in [2.45, 2.75) is 56.8 Å². The highest BCUT2D eigenvalue weighted by molar-refractivity contribution is 6.42. The van der Waals surface area contributed by atoms with Gasteiger partial charge >= 0.3 is 6.18 Å². The molecule has 2 N–H and O–H groups in total. The standard InChI is InChI=1S/C22H22Cl2F3N3/c23-16-11-18-19(12-17(16)24)30-21(8-3-1-2-4-9-21)20(29-18)28-13-14-6-5-7-15(10-14)22(25,26)27/h5-7,10-12,30H,1-4,8-9,13H2,(H,28,29). The minimum atomic E-state index is -4.36. The molecule has 0 aromatic heterocycles. The van der Waals surface area contributed by atoms with Crippen LogP contribution in [0.5, 0.6) is 0 Å². The summed E-state index contributed by atoms with van der Waals surface area (Å²) >= 11 is 12.4. The second-order valence-electron chi connectivity index (χ2n) is 7.92. The van der Waals surface area contributed by atoms with E-state index in [1.807, 2.05) is 0 Å². The number of nitrogens with zero attached hydrogens (tertiary/aromatic N) is 1. The van der Waals surface area contributed by atoms with E-state index in [9.17, 15) is 13.2 Å². The van der Waals surface area contributed by atoms with Crippen LogP contribution in [0, 0.1) is 0 Å². The third-order valence-electron chi connectivity index (χ3n) is 5.77. The molecule has 2 aromatic rings. The quantitative estimate of drug-likeness (QED) is 0.496. The summed E-state index contributed by atoms with van der Waals surface area (Å²) in [6.45, 7) is 0.253. The van der Waals surface area contributed by atoms with Crippen molar-refractivity contribution in [3.63, 3.8) is 0 Å². The van der Waals surface area contributed by atoms with Crippen molar-refractivity contribution in [2.75, 3.05) is 5.32 Å². The summed E-state index contributed by atoms with van der Waals surface area (Å²) in [5, 5.41) is 7.82. The highest BCUT2D eigenvalue weighted by Gasteiger charge is 2.39. The van der Waals surface area contributed by atoms with Crippen molar-refractivity contribution >= 4 is 40.4 Å². The molecule has 2 aromatic carbocycles. The number of rotatable bonds is 2. The molecular formula is C22H22Cl2F3N3. The Kier molecular flexibility index (Phi) is 5.90. The van der Waals surface area contributed by atoms with E-state index in [2.05, 4.69) is 10.6 Å². The lowest BCUT2D eigenvalue weighted by molar-refractivity contribution is -0.137. The van der Waals surface area contributed by atoms with Crippen LogP contribution in [0.4, 0.5) is 24.5 Å². The van der Waals surface area contributed by atoms with Crippen molar-refractivity contribution in [1.29, 1.82) is 0 Å². The first-order valence-electron chi connectivity index (χ1n) is 10.0. The summed E-state index contributed by atoms with van der Waals surface area (Å²) in [5.41, 5.74) is 1.02. The number of fused-ring (bicyclic) bond motifs is 1. The highest BCUT2D eigenvalue weighted by Crippen LogP contribution is 2.43. The molecule has 160 valence electrons. The molecule has 1 fully saturated rings. The summed E-state index contributed by atoms with van der Waals surface area (Å²) in [5.74, 6) is 0.743. The van der Waals surface area contributed by atoms with Gasteiger partial charge in [-0.3, -0.25) is 0 Å². The monoisotopic (exact) mass is 455 g/mol. The number of alkyl halides is 3. The van der Waals surface area contributed by atoms with Crippen molar-refractivity contribution in [2.24, 2.45) is 4.99 Å². The van der Waals surface area contributed by atoms with Gasteiger partial charge in [-0.1, -0.05) is 61.0 Å². The molecule has 2 aliphatic rings. The van der Waals surface area contributed by atoms with E-state index in [-0.39, 0.29) is 12.1 Å². The zero-order chi connectivity index (χ0) is 21.4. The zero-order valence-electron chi connectivity index (χ0n) is 16.3. The SMILES string of the molecule is FC(F)(F)c1cccc(CNC2=Nc3cc(Cl)c(Cl)cc3NC23CCCCCC3)c1. The lowest BCUT2D eigenvalue weighted by atomic mass is 9.86. The summed E-state index contributed by atoms with van der Waals surface area (Å²) in [6.07, 6.45) is 1.82. The number of hydrogen-bond acceptors (Lipinski definition) is 3. The largest absolute Gasteiger partial charge is 0.416 e. The molecule has 0 saturated heterocycles. The van der Waals surface area contributed by atoms with E-state index in [1.165, 1.54) is 12.1 Å². The number of hydrogen-bond donors (Lipinski definition) is 2. The van der Waals surface area contributed by atoms with Crippen molar-refractivity contribution in [3.8, 4) is 0 Å². The molecule has 1 heterocycles. The summed E-state index contributed by atoms with van der Waals surface area (Å²) in [7, 11) is 0. The van der Waals surface area contributed by atoms with Crippen LogP contribution in [0.1, 0.15) is 49.7 Å². The Hall–Kier alpha value is -1.92. The smallest absolute Gasteiger partial charge is 0.371 e. The summed E-state index contributed by atoms with van der Waals surface area (Å²) < 4.78 is 39.2. The van der Waals surface area contributed by atoms with Crippen LogP contribution < -0.4 is 10.6 Å². The molecule has 1 aliphatic heterocycles. The Balaban J connectivity index is 1.65. The van der Waals surface area contributed by atoms with E-state index in [4.69, 9.17) is 28.2 Å². The average Bonchev–Trinajstić information content (AvgIpc) is 2.94. The van der Waals surface area contributed by atoms with E-state index in [1.54, 1.807) is 18.2 Å². The first-order valence-corrected chi connectivity index (χ1v) is 10.8. The fourth-order valence-corrected chi connectivity index (χ4v) is 4.54. The van der Waals surface area contributed by atoms with Gasteiger partial charge in [-0.25, -0.2) is 4.99 Å². The lowest BCUT2D eigenvalue weighted by Gasteiger charge is -2.40. The van der Waals surface area contributed by atoms with E-state index < -0.39 is 11.7 Å². The molecule has 0 bridgehead atoms. The number of amidine groups is 1. The normalized spacial score (nSPS) is 18.2. The molecule has 1 saturated carbocycles. The predicted molar refractivity (Wildman–Crippen MR) is 116 cm³/mol. The average molecular weight is 456 g/mol. The van der Waals surface area contributed by atoms with E-state index >= 15 is 0 Å². The fourth-order valence-electron chi connectivity index (χ4n) is 4.22. The second kappa shape index (κ2) is 8.31. The van der Waals surface area contributed by atoms with Gasteiger partial charge in [0.05, 0.1) is 32.5 Å². The molecule has 3 nitrogen and oxygen atoms in total. The van der Waals surface area contributed by atoms with Gasteiger partial charge < -0.3 is 10.6 Å². The number of aliphatic imine (C=N–C) groups is 1. The van der Waals surface area contributed by atoms with Gasteiger partial charge in [-0.05, 0) is 42.7 Å². The van der Waals surface area contributed by atoms with Gasteiger partial charge in [0, 0.05) is 6.54 Å². The number of halogens is 5. The Morgan fingerprint density at radius 3 is 2.40 bits per heavy atom. The first kappa shape index (κ1) is 21.3. The molecule has 0 unspecified atom stereocenters.